The number of furan rings is 1. The van der Waals surface area contributed by atoms with Gasteiger partial charge in [-0.3, -0.25) is 0 Å². The summed E-state index contributed by atoms with van der Waals surface area (Å²) in [5, 5.41) is 12.2. The molecule has 4 nitrogen and oxygen atoms in total. The zero-order chi connectivity index (χ0) is 14.0. The van der Waals surface area contributed by atoms with Crippen LogP contribution in [0, 0.1) is 13.8 Å². The van der Waals surface area contributed by atoms with Gasteiger partial charge in [-0.1, -0.05) is 0 Å². The highest BCUT2D eigenvalue weighted by Crippen LogP contribution is 2.23. The molecule has 0 fully saturated rings. The van der Waals surface area contributed by atoms with E-state index in [0.29, 0.717) is 12.3 Å². The molecule has 0 spiro atoms. The molecule has 2 rings (SSSR count). The Kier molecular flexibility index (Phi) is 4.07. The van der Waals surface area contributed by atoms with E-state index in [1.807, 2.05) is 0 Å². The Bertz CT molecular complexity index is 585. The monoisotopic (exact) mass is 279 g/mol. The number of aryl methyl sites for hydroxylation is 2. The molecule has 1 atom stereocenters. The van der Waals surface area contributed by atoms with Gasteiger partial charge in [0, 0.05) is 27.9 Å². The largest absolute Gasteiger partial charge is 0.475 e. The summed E-state index contributed by atoms with van der Waals surface area (Å²) in [6, 6.07) is 6.03. The minimum atomic E-state index is -1.03. The van der Waals surface area contributed by atoms with Crippen LogP contribution in [0.25, 0.3) is 0 Å². The van der Waals surface area contributed by atoms with Crippen molar-refractivity contribution in [3.8, 4) is 0 Å². The number of thiophene rings is 1. The first kappa shape index (κ1) is 13.8. The molecule has 0 amide bonds. The topological polar surface area (TPSA) is 62.5 Å². The lowest BCUT2D eigenvalue weighted by molar-refractivity contribution is 0.0661. The van der Waals surface area contributed by atoms with Gasteiger partial charge in [0.1, 0.15) is 5.76 Å². The third-order valence-electron chi connectivity index (χ3n) is 3.02. The van der Waals surface area contributed by atoms with Crippen LogP contribution in [0.3, 0.4) is 0 Å². The van der Waals surface area contributed by atoms with Gasteiger partial charge in [0.2, 0.25) is 5.76 Å². The van der Waals surface area contributed by atoms with Crippen LogP contribution in [0.4, 0.5) is 0 Å². The summed E-state index contributed by atoms with van der Waals surface area (Å²) in [6.45, 7) is 6.56. The predicted octanol–water partition coefficient (Wildman–Crippen LogP) is 3.51. The van der Waals surface area contributed by atoms with E-state index < -0.39 is 5.97 Å². The summed E-state index contributed by atoms with van der Waals surface area (Å²) in [4.78, 5) is 13.4. The van der Waals surface area contributed by atoms with Crippen molar-refractivity contribution >= 4 is 17.3 Å². The van der Waals surface area contributed by atoms with Gasteiger partial charge in [0.05, 0.1) is 0 Å². The van der Waals surface area contributed by atoms with Gasteiger partial charge in [-0.25, -0.2) is 4.79 Å². The first-order valence-electron chi connectivity index (χ1n) is 6.09. The highest BCUT2D eigenvalue weighted by atomic mass is 32.1. The molecular weight excluding hydrogens is 262 g/mol. The molecule has 0 aliphatic rings. The second-order valence-electron chi connectivity index (χ2n) is 4.55. The standard InChI is InChI=1S/C14H17NO3S/c1-8-4-5-13(19-8)9(2)15-7-11-6-12(14(16)17)18-10(11)3/h4-6,9,15H,7H2,1-3H3,(H,16,17). The van der Waals surface area contributed by atoms with Crippen LogP contribution < -0.4 is 5.32 Å². The first-order chi connectivity index (χ1) is 8.97. The number of carbonyl (C=O) groups is 1. The van der Waals surface area contributed by atoms with E-state index in [4.69, 9.17) is 9.52 Å². The van der Waals surface area contributed by atoms with E-state index in [1.54, 1.807) is 24.3 Å². The van der Waals surface area contributed by atoms with Crippen molar-refractivity contribution in [2.24, 2.45) is 0 Å². The molecule has 19 heavy (non-hydrogen) atoms. The van der Waals surface area contributed by atoms with Crippen molar-refractivity contribution in [3.05, 3.63) is 45.0 Å². The summed E-state index contributed by atoms with van der Waals surface area (Å²) in [6.07, 6.45) is 0. The number of rotatable bonds is 5. The number of hydrogen-bond donors (Lipinski definition) is 2. The molecule has 0 saturated heterocycles. The number of nitrogens with one attached hydrogen (secondary N) is 1. The molecule has 5 heteroatoms. The first-order valence-corrected chi connectivity index (χ1v) is 6.91. The van der Waals surface area contributed by atoms with Gasteiger partial charge >= 0.3 is 5.97 Å². The second kappa shape index (κ2) is 5.59. The predicted molar refractivity (Wildman–Crippen MR) is 74.7 cm³/mol. The van der Waals surface area contributed by atoms with E-state index in [2.05, 4.69) is 31.3 Å². The Balaban J connectivity index is 2.00. The summed E-state index contributed by atoms with van der Waals surface area (Å²) in [5.41, 5.74) is 0.887. The molecular formula is C14H17NO3S. The minimum absolute atomic E-state index is 0.00563. The van der Waals surface area contributed by atoms with Crippen LogP contribution in [-0.4, -0.2) is 11.1 Å². The fourth-order valence-corrected chi connectivity index (χ4v) is 2.75. The van der Waals surface area contributed by atoms with E-state index in [0.717, 1.165) is 5.56 Å². The molecule has 0 radical (unpaired) electrons. The lowest BCUT2D eigenvalue weighted by Gasteiger charge is -2.11. The molecule has 0 aliphatic heterocycles. The lowest BCUT2D eigenvalue weighted by Crippen LogP contribution is -2.17. The Labute approximate surface area is 116 Å². The zero-order valence-electron chi connectivity index (χ0n) is 11.2. The minimum Gasteiger partial charge on any atom is -0.475 e. The summed E-state index contributed by atoms with van der Waals surface area (Å²) in [5.74, 6) is -0.385. The Hall–Kier alpha value is -1.59. The van der Waals surface area contributed by atoms with E-state index in [1.165, 1.54) is 9.75 Å². The third-order valence-corrected chi connectivity index (χ3v) is 4.20. The van der Waals surface area contributed by atoms with Gasteiger partial charge < -0.3 is 14.8 Å². The second-order valence-corrected chi connectivity index (χ2v) is 5.87. The Morgan fingerprint density at radius 2 is 2.21 bits per heavy atom. The van der Waals surface area contributed by atoms with E-state index in [9.17, 15) is 4.79 Å². The quantitative estimate of drug-likeness (QED) is 0.879. The molecule has 0 aromatic carbocycles. The molecule has 2 N–H and O–H groups in total. The molecule has 2 aromatic rings. The molecule has 102 valence electrons. The molecule has 0 saturated carbocycles. The van der Waals surface area contributed by atoms with Crippen LogP contribution in [-0.2, 0) is 6.54 Å². The number of carboxylic acids is 1. The maximum atomic E-state index is 10.8. The number of hydrogen-bond acceptors (Lipinski definition) is 4. The molecule has 2 heterocycles. The van der Waals surface area contributed by atoms with Gasteiger partial charge in [-0.15, -0.1) is 11.3 Å². The summed E-state index contributed by atoms with van der Waals surface area (Å²) in [7, 11) is 0. The van der Waals surface area contributed by atoms with Crippen LogP contribution in [0.5, 0.6) is 0 Å². The fraction of sp³-hybridized carbons (Fsp3) is 0.357. The smallest absolute Gasteiger partial charge is 0.371 e. The fourth-order valence-electron chi connectivity index (χ4n) is 1.85. The highest BCUT2D eigenvalue weighted by molar-refractivity contribution is 7.12. The normalized spacial score (nSPS) is 12.6. The van der Waals surface area contributed by atoms with Crippen molar-refractivity contribution in [1.29, 1.82) is 0 Å². The average Bonchev–Trinajstić information content (AvgIpc) is 2.93. The van der Waals surface area contributed by atoms with Crippen molar-refractivity contribution in [2.75, 3.05) is 0 Å². The van der Waals surface area contributed by atoms with Crippen molar-refractivity contribution in [1.82, 2.24) is 5.32 Å². The Morgan fingerprint density at radius 1 is 1.47 bits per heavy atom. The van der Waals surface area contributed by atoms with Crippen LogP contribution >= 0.6 is 11.3 Å². The Morgan fingerprint density at radius 3 is 2.74 bits per heavy atom. The number of aromatic carboxylic acids is 1. The summed E-state index contributed by atoms with van der Waals surface area (Å²) < 4.78 is 5.18. The van der Waals surface area contributed by atoms with E-state index in [-0.39, 0.29) is 11.8 Å². The van der Waals surface area contributed by atoms with Crippen LogP contribution in [0.2, 0.25) is 0 Å². The molecule has 1 unspecified atom stereocenters. The number of carboxylic acid groups (broad SMARTS) is 1. The van der Waals surface area contributed by atoms with Crippen LogP contribution in [0.15, 0.2) is 22.6 Å². The maximum absolute atomic E-state index is 10.8. The highest BCUT2D eigenvalue weighted by Gasteiger charge is 2.14. The molecule has 2 aromatic heterocycles. The van der Waals surface area contributed by atoms with Crippen molar-refractivity contribution < 1.29 is 14.3 Å². The average molecular weight is 279 g/mol. The SMILES string of the molecule is Cc1ccc(C(C)NCc2cc(C(=O)O)oc2C)s1. The van der Waals surface area contributed by atoms with Crippen molar-refractivity contribution in [2.45, 2.75) is 33.4 Å². The molecule has 0 aliphatic carbocycles. The van der Waals surface area contributed by atoms with Gasteiger partial charge in [-0.05, 0) is 39.0 Å². The molecule has 0 bridgehead atoms. The zero-order valence-corrected chi connectivity index (χ0v) is 12.0. The van der Waals surface area contributed by atoms with Crippen molar-refractivity contribution in [3.63, 3.8) is 0 Å². The van der Waals surface area contributed by atoms with Crippen LogP contribution in [0.1, 0.15) is 44.6 Å². The van der Waals surface area contributed by atoms with Gasteiger partial charge in [0.25, 0.3) is 0 Å². The summed E-state index contributed by atoms with van der Waals surface area (Å²) >= 11 is 1.77. The van der Waals surface area contributed by atoms with E-state index >= 15 is 0 Å². The lowest BCUT2D eigenvalue weighted by atomic mass is 10.2. The van der Waals surface area contributed by atoms with Gasteiger partial charge in [-0.2, -0.15) is 0 Å². The van der Waals surface area contributed by atoms with Gasteiger partial charge in [0.15, 0.2) is 0 Å². The third kappa shape index (κ3) is 3.24. The maximum Gasteiger partial charge on any atom is 0.371 e.